The molecule has 0 spiro atoms. The average molecular weight is 317 g/mol. The molecular formula is C13H19NO4S2. The van der Waals surface area contributed by atoms with Crippen molar-refractivity contribution in [2.45, 2.75) is 36.8 Å². The van der Waals surface area contributed by atoms with Crippen LogP contribution in [0.4, 0.5) is 0 Å². The fourth-order valence-corrected chi connectivity index (χ4v) is 4.93. The van der Waals surface area contributed by atoms with Gasteiger partial charge in [0.15, 0.2) is 0 Å². The Morgan fingerprint density at radius 2 is 2.20 bits per heavy atom. The summed E-state index contributed by atoms with van der Waals surface area (Å²) in [6.07, 6.45) is 4.47. The topological polar surface area (TPSA) is 83.5 Å². The van der Waals surface area contributed by atoms with Gasteiger partial charge in [-0.15, -0.1) is 11.3 Å². The molecule has 0 aliphatic heterocycles. The highest BCUT2D eigenvalue weighted by atomic mass is 32.2. The summed E-state index contributed by atoms with van der Waals surface area (Å²) in [5.41, 5.74) is 0. The first kappa shape index (κ1) is 15.5. The zero-order chi connectivity index (χ0) is 14.8. The van der Waals surface area contributed by atoms with Crippen molar-refractivity contribution in [3.63, 3.8) is 0 Å². The molecule has 1 aliphatic rings. The minimum absolute atomic E-state index is 0.0386. The van der Waals surface area contributed by atoms with E-state index in [9.17, 15) is 13.2 Å². The molecular weight excluding hydrogens is 298 g/mol. The van der Waals surface area contributed by atoms with E-state index in [4.69, 9.17) is 5.11 Å². The predicted octanol–water partition coefficient (Wildman–Crippen LogP) is 2.55. The highest BCUT2D eigenvalue weighted by Gasteiger charge is 2.23. The maximum atomic E-state index is 12.1. The Hall–Kier alpha value is -0.920. The SMILES string of the molecule is CC1CCCC(CNS(=O)(=O)c2ccc(C(=O)O)s2)C1. The van der Waals surface area contributed by atoms with E-state index >= 15 is 0 Å². The molecule has 1 fully saturated rings. The summed E-state index contributed by atoms with van der Waals surface area (Å²) in [6.45, 7) is 2.63. The zero-order valence-corrected chi connectivity index (χ0v) is 13.0. The highest BCUT2D eigenvalue weighted by molar-refractivity contribution is 7.91. The van der Waals surface area contributed by atoms with Crippen molar-refractivity contribution in [3.05, 3.63) is 17.0 Å². The Bertz CT molecular complexity index is 579. The van der Waals surface area contributed by atoms with E-state index in [2.05, 4.69) is 11.6 Å². The lowest BCUT2D eigenvalue weighted by molar-refractivity contribution is 0.0702. The number of rotatable bonds is 5. The van der Waals surface area contributed by atoms with Gasteiger partial charge in [-0.25, -0.2) is 17.9 Å². The molecule has 1 aromatic heterocycles. The molecule has 1 saturated carbocycles. The van der Waals surface area contributed by atoms with Crippen molar-refractivity contribution < 1.29 is 18.3 Å². The van der Waals surface area contributed by atoms with E-state index in [-0.39, 0.29) is 9.09 Å². The first-order chi connectivity index (χ1) is 9.38. The van der Waals surface area contributed by atoms with Gasteiger partial charge < -0.3 is 5.11 Å². The summed E-state index contributed by atoms with van der Waals surface area (Å²) >= 11 is 0.785. The van der Waals surface area contributed by atoms with Gasteiger partial charge in [-0.05, 0) is 36.8 Å². The number of hydrogen-bond acceptors (Lipinski definition) is 4. The van der Waals surface area contributed by atoms with Crippen molar-refractivity contribution in [1.82, 2.24) is 4.72 Å². The quantitative estimate of drug-likeness (QED) is 0.874. The largest absolute Gasteiger partial charge is 0.477 e. The molecule has 1 aromatic rings. The number of nitrogens with one attached hydrogen (secondary N) is 1. The molecule has 0 amide bonds. The van der Waals surface area contributed by atoms with Crippen LogP contribution in [0.2, 0.25) is 0 Å². The zero-order valence-electron chi connectivity index (χ0n) is 11.3. The summed E-state index contributed by atoms with van der Waals surface area (Å²) in [5, 5.41) is 8.82. The van der Waals surface area contributed by atoms with Crippen LogP contribution in [-0.4, -0.2) is 26.0 Å². The van der Waals surface area contributed by atoms with Crippen molar-refractivity contribution in [2.24, 2.45) is 11.8 Å². The molecule has 0 bridgehead atoms. The molecule has 20 heavy (non-hydrogen) atoms. The molecule has 2 unspecified atom stereocenters. The van der Waals surface area contributed by atoms with Crippen LogP contribution in [0, 0.1) is 11.8 Å². The molecule has 0 aromatic carbocycles. The lowest BCUT2D eigenvalue weighted by Crippen LogP contribution is -2.31. The van der Waals surface area contributed by atoms with Gasteiger partial charge in [0.2, 0.25) is 10.0 Å². The molecule has 7 heteroatoms. The predicted molar refractivity (Wildman–Crippen MR) is 77.6 cm³/mol. The molecule has 2 atom stereocenters. The van der Waals surface area contributed by atoms with Crippen molar-refractivity contribution >= 4 is 27.3 Å². The molecule has 5 nitrogen and oxygen atoms in total. The average Bonchev–Trinajstić information content (AvgIpc) is 2.87. The second-order valence-electron chi connectivity index (χ2n) is 5.41. The molecule has 2 N–H and O–H groups in total. The van der Waals surface area contributed by atoms with Gasteiger partial charge in [-0.2, -0.15) is 0 Å². The van der Waals surface area contributed by atoms with Crippen molar-refractivity contribution in [2.75, 3.05) is 6.54 Å². The number of aromatic carboxylic acids is 1. The Morgan fingerprint density at radius 3 is 2.80 bits per heavy atom. The van der Waals surface area contributed by atoms with Gasteiger partial charge in [-0.1, -0.05) is 19.8 Å². The van der Waals surface area contributed by atoms with Crippen LogP contribution >= 0.6 is 11.3 Å². The highest BCUT2D eigenvalue weighted by Crippen LogP contribution is 2.28. The second-order valence-corrected chi connectivity index (χ2v) is 8.49. The molecule has 1 heterocycles. The number of hydrogen-bond donors (Lipinski definition) is 2. The number of thiophene rings is 1. The molecule has 0 radical (unpaired) electrons. The van der Waals surface area contributed by atoms with Crippen LogP contribution in [0.3, 0.4) is 0 Å². The number of carboxylic acids is 1. The molecule has 1 aliphatic carbocycles. The molecule has 112 valence electrons. The third-order valence-electron chi connectivity index (χ3n) is 3.66. The minimum atomic E-state index is -3.58. The normalized spacial score (nSPS) is 23.6. The van der Waals surface area contributed by atoms with Crippen LogP contribution < -0.4 is 4.72 Å². The van der Waals surface area contributed by atoms with Gasteiger partial charge >= 0.3 is 5.97 Å². The van der Waals surface area contributed by atoms with Crippen LogP contribution in [0.15, 0.2) is 16.3 Å². The third-order valence-corrected chi connectivity index (χ3v) is 6.65. The van der Waals surface area contributed by atoms with E-state index in [0.717, 1.165) is 30.6 Å². The number of carbonyl (C=O) groups is 1. The fraction of sp³-hybridized carbons (Fsp3) is 0.615. The maximum absolute atomic E-state index is 12.1. The van der Waals surface area contributed by atoms with Gasteiger partial charge in [0.1, 0.15) is 9.09 Å². The smallest absolute Gasteiger partial charge is 0.345 e. The Kier molecular flexibility index (Phi) is 4.82. The number of carboxylic acid groups (broad SMARTS) is 1. The van der Waals surface area contributed by atoms with Crippen molar-refractivity contribution in [1.29, 1.82) is 0 Å². The minimum Gasteiger partial charge on any atom is -0.477 e. The van der Waals surface area contributed by atoms with E-state index in [1.54, 1.807) is 0 Å². The summed E-state index contributed by atoms with van der Waals surface area (Å²) in [4.78, 5) is 10.8. The van der Waals surface area contributed by atoms with Crippen LogP contribution in [0.1, 0.15) is 42.3 Å². The first-order valence-electron chi connectivity index (χ1n) is 6.71. The summed E-state index contributed by atoms with van der Waals surface area (Å²) in [6, 6.07) is 2.67. The van der Waals surface area contributed by atoms with Crippen LogP contribution in [0.5, 0.6) is 0 Å². The van der Waals surface area contributed by atoms with E-state index < -0.39 is 16.0 Å². The monoisotopic (exact) mass is 317 g/mol. The van der Waals surface area contributed by atoms with E-state index in [0.29, 0.717) is 18.4 Å². The Morgan fingerprint density at radius 1 is 1.45 bits per heavy atom. The summed E-state index contributed by atoms with van der Waals surface area (Å²) in [5.74, 6) is -0.0661. The van der Waals surface area contributed by atoms with Gasteiger partial charge in [0.25, 0.3) is 0 Å². The summed E-state index contributed by atoms with van der Waals surface area (Å²) in [7, 11) is -3.58. The van der Waals surface area contributed by atoms with Crippen LogP contribution in [0.25, 0.3) is 0 Å². The van der Waals surface area contributed by atoms with Gasteiger partial charge in [-0.3, -0.25) is 0 Å². The lowest BCUT2D eigenvalue weighted by Gasteiger charge is -2.26. The lowest BCUT2D eigenvalue weighted by atomic mass is 9.83. The third kappa shape index (κ3) is 3.80. The Balaban J connectivity index is 1.98. The first-order valence-corrected chi connectivity index (χ1v) is 9.01. The van der Waals surface area contributed by atoms with E-state index in [1.165, 1.54) is 18.6 Å². The second kappa shape index (κ2) is 6.24. The van der Waals surface area contributed by atoms with Crippen molar-refractivity contribution in [3.8, 4) is 0 Å². The molecule has 2 rings (SSSR count). The summed E-state index contributed by atoms with van der Waals surface area (Å²) < 4.78 is 26.9. The fourth-order valence-electron chi connectivity index (χ4n) is 2.62. The van der Waals surface area contributed by atoms with Gasteiger partial charge in [0, 0.05) is 6.54 Å². The molecule has 0 saturated heterocycles. The van der Waals surface area contributed by atoms with Crippen LogP contribution in [-0.2, 0) is 10.0 Å². The maximum Gasteiger partial charge on any atom is 0.345 e. The number of sulfonamides is 1. The van der Waals surface area contributed by atoms with Gasteiger partial charge in [0.05, 0.1) is 0 Å². The standard InChI is InChI=1S/C13H19NO4S2/c1-9-3-2-4-10(7-9)8-14-20(17,18)12-6-5-11(19-12)13(15)16/h5-6,9-10,14H,2-4,7-8H2,1H3,(H,15,16). The Labute approximate surface area is 123 Å². The van der Waals surface area contributed by atoms with E-state index in [1.807, 2.05) is 0 Å².